The zero-order valence-corrected chi connectivity index (χ0v) is 14.7. The van der Waals surface area contributed by atoms with Crippen molar-refractivity contribution in [2.24, 2.45) is 0 Å². The van der Waals surface area contributed by atoms with Gasteiger partial charge in [-0.05, 0) is 55.0 Å². The molecule has 2 aromatic rings. The average Bonchev–Trinajstić information content (AvgIpc) is 2.60. The summed E-state index contributed by atoms with van der Waals surface area (Å²) < 4.78 is 5.35. The predicted octanol–water partition coefficient (Wildman–Crippen LogP) is 4.72. The Balaban J connectivity index is 1.91. The highest BCUT2D eigenvalue weighted by atomic mass is 16.5. The van der Waals surface area contributed by atoms with Crippen molar-refractivity contribution in [2.75, 3.05) is 0 Å². The van der Waals surface area contributed by atoms with E-state index in [9.17, 15) is 9.59 Å². The van der Waals surface area contributed by atoms with E-state index in [1.54, 1.807) is 12.1 Å². The van der Waals surface area contributed by atoms with Crippen molar-refractivity contribution in [3.63, 3.8) is 0 Å². The van der Waals surface area contributed by atoms with Gasteiger partial charge in [-0.25, -0.2) is 4.79 Å². The Morgan fingerprint density at radius 1 is 1.00 bits per heavy atom. The van der Waals surface area contributed by atoms with Gasteiger partial charge >= 0.3 is 11.9 Å². The Kier molecular flexibility index (Phi) is 6.75. The SMILES string of the molecule is CCCC(=O)OC(C)CCc1ccc(-c2ccc(C(=O)O)cc2)cc1. The maximum atomic E-state index is 11.5. The third-order valence-electron chi connectivity index (χ3n) is 4.05. The van der Waals surface area contributed by atoms with Gasteiger partial charge < -0.3 is 9.84 Å². The van der Waals surface area contributed by atoms with Gasteiger partial charge in [0.2, 0.25) is 0 Å². The maximum absolute atomic E-state index is 11.5. The Hall–Kier alpha value is -2.62. The van der Waals surface area contributed by atoms with Crippen LogP contribution >= 0.6 is 0 Å². The van der Waals surface area contributed by atoms with Crippen LogP contribution in [-0.2, 0) is 16.0 Å². The van der Waals surface area contributed by atoms with Crippen molar-refractivity contribution in [2.45, 2.75) is 45.6 Å². The van der Waals surface area contributed by atoms with Gasteiger partial charge in [0, 0.05) is 6.42 Å². The molecule has 0 saturated carbocycles. The molecule has 1 N–H and O–H groups in total. The summed E-state index contributed by atoms with van der Waals surface area (Å²) in [5, 5.41) is 8.94. The number of esters is 1. The van der Waals surface area contributed by atoms with Crippen LogP contribution in [0, 0.1) is 0 Å². The lowest BCUT2D eigenvalue weighted by atomic mass is 10.0. The van der Waals surface area contributed by atoms with Crippen molar-refractivity contribution in [3.8, 4) is 11.1 Å². The molecule has 0 aliphatic carbocycles. The molecule has 0 fully saturated rings. The van der Waals surface area contributed by atoms with Crippen LogP contribution in [-0.4, -0.2) is 23.1 Å². The van der Waals surface area contributed by atoms with E-state index in [1.165, 1.54) is 5.56 Å². The predicted molar refractivity (Wildman–Crippen MR) is 97.6 cm³/mol. The van der Waals surface area contributed by atoms with Gasteiger partial charge in [-0.2, -0.15) is 0 Å². The quantitative estimate of drug-likeness (QED) is 0.707. The number of ether oxygens (including phenoxy) is 1. The van der Waals surface area contributed by atoms with E-state index < -0.39 is 5.97 Å². The molecule has 0 heterocycles. The van der Waals surface area contributed by atoms with Crippen molar-refractivity contribution in [1.82, 2.24) is 0 Å². The fourth-order valence-electron chi connectivity index (χ4n) is 2.59. The van der Waals surface area contributed by atoms with Gasteiger partial charge in [0.1, 0.15) is 0 Å². The minimum atomic E-state index is -0.921. The second-order valence-electron chi connectivity index (χ2n) is 6.17. The third-order valence-corrected chi connectivity index (χ3v) is 4.05. The Bertz CT molecular complexity index is 702. The molecule has 0 aromatic heterocycles. The van der Waals surface area contributed by atoms with E-state index in [4.69, 9.17) is 9.84 Å². The van der Waals surface area contributed by atoms with E-state index >= 15 is 0 Å². The highest BCUT2D eigenvalue weighted by Crippen LogP contribution is 2.21. The fraction of sp³-hybridized carbons (Fsp3) is 0.333. The standard InChI is InChI=1S/C21H24O4/c1-3-4-20(22)25-15(2)5-6-16-7-9-17(10-8-16)18-11-13-19(14-12-18)21(23)24/h7-15H,3-6H2,1-2H3,(H,23,24). The topological polar surface area (TPSA) is 63.6 Å². The molecule has 4 heteroatoms. The molecule has 0 aliphatic rings. The number of hydrogen-bond acceptors (Lipinski definition) is 3. The van der Waals surface area contributed by atoms with Crippen molar-refractivity contribution >= 4 is 11.9 Å². The first-order chi connectivity index (χ1) is 12.0. The number of aromatic carboxylic acids is 1. The molecule has 0 amide bonds. The zero-order chi connectivity index (χ0) is 18.2. The van der Waals surface area contributed by atoms with Gasteiger partial charge in [0.15, 0.2) is 0 Å². The Morgan fingerprint density at radius 2 is 1.56 bits per heavy atom. The molecule has 1 unspecified atom stereocenters. The number of carbonyl (C=O) groups excluding carboxylic acids is 1. The molecule has 4 nitrogen and oxygen atoms in total. The number of carbonyl (C=O) groups is 2. The summed E-state index contributed by atoms with van der Waals surface area (Å²) in [6.07, 6.45) is 2.84. The van der Waals surface area contributed by atoms with Crippen LogP contribution in [0.5, 0.6) is 0 Å². The molecule has 0 radical (unpaired) electrons. The number of benzene rings is 2. The number of aryl methyl sites for hydroxylation is 1. The molecular weight excluding hydrogens is 316 g/mol. The summed E-state index contributed by atoms with van der Waals surface area (Å²) in [4.78, 5) is 22.4. The smallest absolute Gasteiger partial charge is 0.335 e. The van der Waals surface area contributed by atoms with Crippen LogP contribution in [0.4, 0.5) is 0 Å². The second kappa shape index (κ2) is 9.02. The third kappa shape index (κ3) is 5.75. The van der Waals surface area contributed by atoms with Crippen LogP contribution in [0.2, 0.25) is 0 Å². The lowest BCUT2D eigenvalue weighted by Crippen LogP contribution is -2.15. The maximum Gasteiger partial charge on any atom is 0.335 e. The molecular formula is C21H24O4. The van der Waals surface area contributed by atoms with Crippen LogP contribution < -0.4 is 0 Å². The summed E-state index contributed by atoms with van der Waals surface area (Å²) in [5.74, 6) is -1.05. The summed E-state index contributed by atoms with van der Waals surface area (Å²) in [6.45, 7) is 3.88. The van der Waals surface area contributed by atoms with E-state index in [0.717, 1.165) is 30.4 Å². The Morgan fingerprint density at radius 3 is 2.08 bits per heavy atom. The molecule has 0 spiro atoms. The van der Waals surface area contributed by atoms with E-state index in [-0.39, 0.29) is 17.6 Å². The number of hydrogen-bond donors (Lipinski definition) is 1. The molecule has 0 bridgehead atoms. The second-order valence-corrected chi connectivity index (χ2v) is 6.17. The zero-order valence-electron chi connectivity index (χ0n) is 14.7. The highest BCUT2D eigenvalue weighted by Gasteiger charge is 2.09. The van der Waals surface area contributed by atoms with Crippen molar-refractivity contribution in [3.05, 3.63) is 59.7 Å². The van der Waals surface area contributed by atoms with Gasteiger partial charge in [0.25, 0.3) is 0 Å². The molecule has 0 aliphatic heterocycles. The minimum Gasteiger partial charge on any atom is -0.478 e. The average molecular weight is 340 g/mol. The van der Waals surface area contributed by atoms with Gasteiger partial charge in [-0.3, -0.25) is 4.79 Å². The van der Waals surface area contributed by atoms with Crippen LogP contribution in [0.15, 0.2) is 48.5 Å². The summed E-state index contributed by atoms with van der Waals surface area (Å²) in [5.41, 5.74) is 3.50. The highest BCUT2D eigenvalue weighted by molar-refractivity contribution is 5.88. The van der Waals surface area contributed by atoms with Gasteiger partial charge in [0.05, 0.1) is 11.7 Å². The molecule has 0 saturated heterocycles. The number of carboxylic acids is 1. The number of rotatable bonds is 8. The largest absolute Gasteiger partial charge is 0.478 e. The normalized spacial score (nSPS) is 11.8. The summed E-state index contributed by atoms with van der Waals surface area (Å²) in [6, 6.07) is 15.0. The molecule has 2 aromatic carbocycles. The van der Waals surface area contributed by atoms with E-state index in [2.05, 4.69) is 12.1 Å². The van der Waals surface area contributed by atoms with E-state index in [0.29, 0.717) is 6.42 Å². The summed E-state index contributed by atoms with van der Waals surface area (Å²) >= 11 is 0. The van der Waals surface area contributed by atoms with Gasteiger partial charge in [-0.1, -0.05) is 43.3 Å². The number of carboxylic acid groups (broad SMARTS) is 1. The Labute approximate surface area is 148 Å². The first-order valence-electron chi connectivity index (χ1n) is 8.61. The lowest BCUT2D eigenvalue weighted by molar-refractivity contribution is -0.148. The van der Waals surface area contributed by atoms with Crippen molar-refractivity contribution in [1.29, 1.82) is 0 Å². The lowest BCUT2D eigenvalue weighted by Gasteiger charge is -2.13. The van der Waals surface area contributed by atoms with Crippen LogP contribution in [0.1, 0.15) is 49.0 Å². The summed E-state index contributed by atoms with van der Waals surface area (Å²) in [7, 11) is 0. The van der Waals surface area contributed by atoms with E-state index in [1.807, 2.05) is 38.1 Å². The van der Waals surface area contributed by atoms with Crippen LogP contribution in [0.25, 0.3) is 11.1 Å². The molecule has 2 rings (SSSR count). The first-order valence-corrected chi connectivity index (χ1v) is 8.61. The monoisotopic (exact) mass is 340 g/mol. The first kappa shape index (κ1) is 18.7. The molecule has 132 valence electrons. The van der Waals surface area contributed by atoms with Crippen molar-refractivity contribution < 1.29 is 19.4 Å². The minimum absolute atomic E-state index is 0.0812. The fourth-order valence-corrected chi connectivity index (χ4v) is 2.59. The molecule has 25 heavy (non-hydrogen) atoms. The molecule has 1 atom stereocenters. The van der Waals surface area contributed by atoms with Crippen LogP contribution in [0.3, 0.4) is 0 Å². The van der Waals surface area contributed by atoms with Gasteiger partial charge in [-0.15, -0.1) is 0 Å².